The second-order valence-electron chi connectivity index (χ2n) is 3.38. The molecule has 0 aliphatic rings. The Morgan fingerprint density at radius 3 is 2.93 bits per heavy atom. The van der Waals surface area contributed by atoms with Crippen LogP contribution in [0.2, 0.25) is 0 Å². The number of hydrogen-bond donors (Lipinski definition) is 1. The van der Waals surface area contributed by atoms with Crippen molar-refractivity contribution in [2.24, 2.45) is 0 Å². The van der Waals surface area contributed by atoms with Crippen LogP contribution in [0.1, 0.15) is 26.2 Å². The van der Waals surface area contributed by atoms with Crippen molar-refractivity contribution >= 4 is 23.4 Å². The Morgan fingerprint density at radius 1 is 1.47 bits per heavy atom. The van der Waals surface area contributed by atoms with Gasteiger partial charge >= 0.3 is 0 Å². The van der Waals surface area contributed by atoms with Crippen LogP contribution >= 0.6 is 11.8 Å². The maximum absolute atomic E-state index is 11.5. The van der Waals surface area contributed by atoms with Gasteiger partial charge in [0.05, 0.1) is 0 Å². The van der Waals surface area contributed by atoms with Crippen LogP contribution < -0.4 is 5.32 Å². The number of amides is 1. The molecule has 82 valence electrons. The maximum atomic E-state index is 11.5. The number of carbonyl (C=O) groups is 1. The van der Waals surface area contributed by atoms with Crippen LogP contribution in [0.25, 0.3) is 0 Å². The van der Waals surface area contributed by atoms with Crippen molar-refractivity contribution in [3.63, 3.8) is 0 Å². The summed E-state index contributed by atoms with van der Waals surface area (Å²) in [5.41, 5.74) is 0.892. The average Bonchev–Trinajstić information content (AvgIpc) is 2.26. The monoisotopic (exact) mass is 223 g/mol. The van der Waals surface area contributed by atoms with Crippen LogP contribution in [0.3, 0.4) is 0 Å². The summed E-state index contributed by atoms with van der Waals surface area (Å²) in [7, 11) is 0. The Kier molecular flexibility index (Phi) is 5.26. The molecule has 2 nitrogen and oxygen atoms in total. The molecule has 0 heterocycles. The lowest BCUT2D eigenvalue weighted by molar-refractivity contribution is -0.116. The molecular weight excluding hydrogens is 206 g/mol. The number of rotatable bonds is 5. The van der Waals surface area contributed by atoms with Crippen molar-refractivity contribution in [3.05, 3.63) is 24.3 Å². The molecule has 0 fully saturated rings. The van der Waals surface area contributed by atoms with E-state index in [2.05, 4.69) is 12.2 Å². The van der Waals surface area contributed by atoms with Crippen LogP contribution in [0.5, 0.6) is 0 Å². The van der Waals surface area contributed by atoms with Gasteiger partial charge in [-0.05, 0) is 30.9 Å². The Hall–Kier alpha value is -0.960. The topological polar surface area (TPSA) is 29.1 Å². The van der Waals surface area contributed by atoms with Gasteiger partial charge in [0.1, 0.15) is 0 Å². The molecule has 0 unspecified atom stereocenters. The van der Waals surface area contributed by atoms with Crippen molar-refractivity contribution in [1.82, 2.24) is 0 Å². The van der Waals surface area contributed by atoms with E-state index in [0.717, 1.165) is 18.5 Å². The highest BCUT2D eigenvalue weighted by atomic mass is 32.2. The summed E-state index contributed by atoms with van der Waals surface area (Å²) in [5, 5.41) is 2.90. The van der Waals surface area contributed by atoms with Gasteiger partial charge in [-0.1, -0.05) is 19.4 Å². The van der Waals surface area contributed by atoms with Crippen LogP contribution in [0, 0.1) is 0 Å². The third-order valence-corrected chi connectivity index (χ3v) is 2.84. The molecule has 1 rings (SSSR count). The van der Waals surface area contributed by atoms with E-state index in [1.807, 2.05) is 30.5 Å². The zero-order chi connectivity index (χ0) is 11.1. The Balaban J connectivity index is 2.52. The number of anilines is 1. The van der Waals surface area contributed by atoms with Gasteiger partial charge in [-0.25, -0.2) is 0 Å². The predicted octanol–water partition coefficient (Wildman–Crippen LogP) is 3.54. The molecule has 0 aliphatic carbocycles. The van der Waals surface area contributed by atoms with Gasteiger partial charge in [0, 0.05) is 17.0 Å². The van der Waals surface area contributed by atoms with Crippen molar-refractivity contribution in [2.45, 2.75) is 31.1 Å². The first-order valence-corrected chi connectivity index (χ1v) is 6.42. The summed E-state index contributed by atoms with van der Waals surface area (Å²) in [4.78, 5) is 12.6. The van der Waals surface area contributed by atoms with E-state index < -0.39 is 0 Å². The highest BCUT2D eigenvalue weighted by Crippen LogP contribution is 2.19. The fourth-order valence-corrected chi connectivity index (χ4v) is 1.72. The minimum atomic E-state index is 0.107. The van der Waals surface area contributed by atoms with Crippen LogP contribution in [-0.4, -0.2) is 12.2 Å². The molecule has 1 aromatic rings. The molecule has 0 spiro atoms. The summed E-state index contributed by atoms with van der Waals surface area (Å²) in [6.07, 6.45) is 4.64. The lowest BCUT2D eigenvalue weighted by Gasteiger charge is -2.05. The molecule has 0 aromatic heterocycles. The number of unbranched alkanes of at least 4 members (excludes halogenated alkanes) is 1. The maximum Gasteiger partial charge on any atom is 0.224 e. The summed E-state index contributed by atoms with van der Waals surface area (Å²) in [6, 6.07) is 7.91. The van der Waals surface area contributed by atoms with Crippen molar-refractivity contribution < 1.29 is 4.79 Å². The molecule has 1 N–H and O–H groups in total. The van der Waals surface area contributed by atoms with Gasteiger partial charge in [0.15, 0.2) is 0 Å². The van der Waals surface area contributed by atoms with Gasteiger partial charge in [-0.15, -0.1) is 11.8 Å². The molecule has 15 heavy (non-hydrogen) atoms. The number of hydrogen-bond acceptors (Lipinski definition) is 2. The van der Waals surface area contributed by atoms with Gasteiger partial charge in [-0.2, -0.15) is 0 Å². The SMILES string of the molecule is CCCCC(=O)Nc1cccc(SC)c1. The predicted molar refractivity (Wildman–Crippen MR) is 66.4 cm³/mol. The molecule has 0 saturated heterocycles. The van der Waals surface area contributed by atoms with Crippen molar-refractivity contribution in [3.8, 4) is 0 Å². The Labute approximate surface area is 95.5 Å². The zero-order valence-electron chi connectivity index (χ0n) is 9.25. The second kappa shape index (κ2) is 6.51. The quantitative estimate of drug-likeness (QED) is 0.774. The lowest BCUT2D eigenvalue weighted by atomic mass is 10.2. The molecule has 1 amide bonds. The van der Waals surface area contributed by atoms with Crippen molar-refractivity contribution in [1.29, 1.82) is 0 Å². The first kappa shape index (κ1) is 12.1. The minimum absolute atomic E-state index is 0.107. The highest BCUT2D eigenvalue weighted by molar-refractivity contribution is 7.98. The molecule has 3 heteroatoms. The molecule has 1 aromatic carbocycles. The number of thioether (sulfide) groups is 1. The van der Waals surface area contributed by atoms with Gasteiger partial charge in [-0.3, -0.25) is 4.79 Å². The third kappa shape index (κ3) is 4.38. The smallest absolute Gasteiger partial charge is 0.224 e. The average molecular weight is 223 g/mol. The van der Waals surface area contributed by atoms with E-state index in [-0.39, 0.29) is 5.91 Å². The minimum Gasteiger partial charge on any atom is -0.326 e. The van der Waals surface area contributed by atoms with E-state index in [4.69, 9.17) is 0 Å². The fourth-order valence-electron chi connectivity index (χ4n) is 1.26. The van der Waals surface area contributed by atoms with E-state index in [0.29, 0.717) is 6.42 Å². The first-order valence-electron chi connectivity index (χ1n) is 5.20. The summed E-state index contributed by atoms with van der Waals surface area (Å²) in [5.74, 6) is 0.107. The molecular formula is C12H17NOS. The molecule has 0 radical (unpaired) electrons. The molecule has 0 bridgehead atoms. The molecule has 0 saturated carbocycles. The zero-order valence-corrected chi connectivity index (χ0v) is 10.1. The summed E-state index contributed by atoms with van der Waals surface area (Å²) in [6.45, 7) is 2.08. The summed E-state index contributed by atoms with van der Waals surface area (Å²) >= 11 is 1.68. The van der Waals surface area contributed by atoms with Gasteiger partial charge in [0.25, 0.3) is 0 Å². The van der Waals surface area contributed by atoms with E-state index in [1.54, 1.807) is 11.8 Å². The normalized spacial score (nSPS) is 10.0. The standard InChI is InChI=1S/C12H17NOS/c1-3-4-8-12(14)13-10-6-5-7-11(9-10)15-2/h5-7,9H,3-4,8H2,1-2H3,(H,13,14). The highest BCUT2D eigenvalue weighted by Gasteiger charge is 2.01. The first-order chi connectivity index (χ1) is 7.26. The van der Waals surface area contributed by atoms with Crippen LogP contribution in [0.4, 0.5) is 5.69 Å². The Bertz CT molecular complexity index is 325. The fraction of sp³-hybridized carbons (Fsp3) is 0.417. The van der Waals surface area contributed by atoms with E-state index >= 15 is 0 Å². The lowest BCUT2D eigenvalue weighted by Crippen LogP contribution is -2.10. The number of benzene rings is 1. The Morgan fingerprint density at radius 2 is 2.27 bits per heavy atom. The molecule has 0 atom stereocenters. The van der Waals surface area contributed by atoms with Gasteiger partial charge < -0.3 is 5.32 Å². The van der Waals surface area contributed by atoms with Crippen molar-refractivity contribution in [2.75, 3.05) is 11.6 Å². The van der Waals surface area contributed by atoms with Crippen LogP contribution in [0.15, 0.2) is 29.2 Å². The second-order valence-corrected chi connectivity index (χ2v) is 4.26. The van der Waals surface area contributed by atoms with E-state index in [1.165, 1.54) is 4.90 Å². The van der Waals surface area contributed by atoms with Crippen LogP contribution in [-0.2, 0) is 4.79 Å². The van der Waals surface area contributed by atoms with E-state index in [9.17, 15) is 4.79 Å². The number of carbonyl (C=O) groups excluding carboxylic acids is 1. The number of nitrogens with one attached hydrogen (secondary N) is 1. The third-order valence-electron chi connectivity index (χ3n) is 2.11. The largest absolute Gasteiger partial charge is 0.326 e. The molecule has 0 aliphatic heterocycles. The summed E-state index contributed by atoms with van der Waals surface area (Å²) < 4.78 is 0. The van der Waals surface area contributed by atoms with Gasteiger partial charge in [0.2, 0.25) is 5.91 Å².